The predicted octanol–water partition coefficient (Wildman–Crippen LogP) is 5.00. The zero-order valence-corrected chi connectivity index (χ0v) is 26.1. The van der Waals surface area contributed by atoms with Gasteiger partial charge in [0.25, 0.3) is 10.0 Å². The largest absolute Gasteiger partial charge is 0.493 e. The summed E-state index contributed by atoms with van der Waals surface area (Å²) in [6.45, 7) is 3.70. The second-order valence-corrected chi connectivity index (χ2v) is 12.1. The standard InChI is InChI=1S/C30H36BrN3O6S/c1-5-6-17-32-30(36)22(2)33(20-23-11-10-12-24(31)18-23)29(35)21-34(41(37,38)26-13-8-7-9-14-26)25-15-16-27(39-3)28(19-25)40-4/h7-16,18-19,22H,5-6,17,20-21H2,1-4H3,(H,32,36)/t22-/m1/s1. The minimum atomic E-state index is -4.19. The van der Waals surface area contributed by atoms with Crippen LogP contribution in [0.15, 0.2) is 82.2 Å². The van der Waals surface area contributed by atoms with Gasteiger partial charge in [0.05, 0.1) is 24.8 Å². The number of anilines is 1. The van der Waals surface area contributed by atoms with Crippen LogP contribution in [0.4, 0.5) is 5.69 Å². The molecule has 3 aromatic carbocycles. The predicted molar refractivity (Wildman–Crippen MR) is 163 cm³/mol. The molecule has 0 heterocycles. The third kappa shape index (κ3) is 8.23. The van der Waals surface area contributed by atoms with Crippen molar-refractivity contribution in [1.29, 1.82) is 0 Å². The minimum Gasteiger partial charge on any atom is -0.493 e. The molecule has 0 aromatic heterocycles. The van der Waals surface area contributed by atoms with E-state index in [0.717, 1.165) is 27.2 Å². The Hall–Kier alpha value is -3.57. The van der Waals surface area contributed by atoms with Crippen LogP contribution in [0.5, 0.6) is 11.5 Å². The van der Waals surface area contributed by atoms with E-state index in [1.165, 1.54) is 37.3 Å². The number of amides is 2. The van der Waals surface area contributed by atoms with Crippen molar-refractivity contribution in [2.45, 2.75) is 44.2 Å². The van der Waals surface area contributed by atoms with Gasteiger partial charge in [0.2, 0.25) is 11.8 Å². The summed E-state index contributed by atoms with van der Waals surface area (Å²) in [5, 5.41) is 2.88. The van der Waals surface area contributed by atoms with Crippen molar-refractivity contribution in [1.82, 2.24) is 10.2 Å². The molecule has 0 aliphatic carbocycles. The van der Waals surface area contributed by atoms with Gasteiger partial charge in [-0.05, 0) is 55.3 Å². The highest BCUT2D eigenvalue weighted by Crippen LogP contribution is 2.34. The molecule has 1 N–H and O–H groups in total. The van der Waals surface area contributed by atoms with Crippen LogP contribution >= 0.6 is 15.9 Å². The van der Waals surface area contributed by atoms with Gasteiger partial charge in [-0.3, -0.25) is 13.9 Å². The maximum Gasteiger partial charge on any atom is 0.264 e. The van der Waals surface area contributed by atoms with Crippen LogP contribution in [-0.2, 0) is 26.2 Å². The Morgan fingerprint density at radius 3 is 2.29 bits per heavy atom. The second kappa shape index (κ2) is 14.9. The van der Waals surface area contributed by atoms with Crippen molar-refractivity contribution in [3.8, 4) is 11.5 Å². The Morgan fingerprint density at radius 2 is 1.66 bits per heavy atom. The number of nitrogens with zero attached hydrogens (tertiary/aromatic N) is 2. The molecule has 3 aromatic rings. The zero-order valence-electron chi connectivity index (χ0n) is 23.7. The first-order chi connectivity index (χ1) is 19.6. The van der Waals surface area contributed by atoms with E-state index in [9.17, 15) is 18.0 Å². The van der Waals surface area contributed by atoms with Crippen molar-refractivity contribution in [2.24, 2.45) is 0 Å². The molecule has 0 radical (unpaired) electrons. The lowest BCUT2D eigenvalue weighted by Gasteiger charge is -2.32. The highest BCUT2D eigenvalue weighted by molar-refractivity contribution is 9.10. The lowest BCUT2D eigenvalue weighted by molar-refractivity contribution is -0.139. The van der Waals surface area contributed by atoms with Crippen LogP contribution < -0.4 is 19.1 Å². The van der Waals surface area contributed by atoms with E-state index in [4.69, 9.17) is 9.47 Å². The molecule has 0 saturated heterocycles. The number of ether oxygens (including phenoxy) is 2. The fraction of sp³-hybridized carbons (Fsp3) is 0.333. The zero-order chi connectivity index (χ0) is 30.0. The van der Waals surface area contributed by atoms with Gasteiger partial charge in [-0.15, -0.1) is 0 Å². The van der Waals surface area contributed by atoms with Crippen molar-refractivity contribution in [3.63, 3.8) is 0 Å². The van der Waals surface area contributed by atoms with Gasteiger partial charge >= 0.3 is 0 Å². The maximum atomic E-state index is 14.0. The smallest absolute Gasteiger partial charge is 0.264 e. The molecule has 0 fully saturated rings. The first-order valence-corrected chi connectivity index (χ1v) is 15.5. The Bertz CT molecular complexity index is 1440. The minimum absolute atomic E-state index is 0.0199. The number of carbonyl (C=O) groups is 2. The molecule has 0 spiro atoms. The average molecular weight is 647 g/mol. The molecule has 41 heavy (non-hydrogen) atoms. The number of benzene rings is 3. The summed E-state index contributed by atoms with van der Waals surface area (Å²) in [5.74, 6) is -0.142. The van der Waals surface area contributed by atoms with Gasteiger partial charge in [-0.1, -0.05) is 59.6 Å². The molecule has 0 aliphatic rings. The van der Waals surface area contributed by atoms with Crippen molar-refractivity contribution in [3.05, 3.63) is 82.8 Å². The summed E-state index contributed by atoms with van der Waals surface area (Å²) in [5.41, 5.74) is 0.992. The molecule has 9 nitrogen and oxygen atoms in total. The fourth-order valence-corrected chi connectivity index (χ4v) is 6.05. The lowest BCUT2D eigenvalue weighted by atomic mass is 10.1. The number of halogens is 1. The average Bonchev–Trinajstić information content (AvgIpc) is 2.98. The number of sulfonamides is 1. The van der Waals surface area contributed by atoms with E-state index >= 15 is 0 Å². The van der Waals surface area contributed by atoms with E-state index < -0.39 is 28.5 Å². The summed E-state index contributed by atoms with van der Waals surface area (Å²) in [7, 11) is -1.26. The van der Waals surface area contributed by atoms with Crippen molar-refractivity contribution >= 4 is 43.5 Å². The van der Waals surface area contributed by atoms with Gasteiger partial charge in [0, 0.05) is 23.6 Å². The van der Waals surface area contributed by atoms with Gasteiger partial charge in [-0.25, -0.2) is 8.42 Å². The van der Waals surface area contributed by atoms with Gasteiger partial charge in [-0.2, -0.15) is 0 Å². The summed E-state index contributed by atoms with van der Waals surface area (Å²) in [6.07, 6.45) is 1.72. The van der Waals surface area contributed by atoms with E-state index in [2.05, 4.69) is 21.2 Å². The molecule has 0 aliphatic heterocycles. The van der Waals surface area contributed by atoms with Crippen LogP contribution in [0.25, 0.3) is 0 Å². The monoisotopic (exact) mass is 645 g/mol. The number of carbonyl (C=O) groups excluding carboxylic acids is 2. The number of unbranched alkanes of at least 4 members (excludes halogenated alkanes) is 1. The number of hydrogen-bond donors (Lipinski definition) is 1. The summed E-state index contributed by atoms with van der Waals surface area (Å²) in [4.78, 5) is 28.5. The van der Waals surface area contributed by atoms with E-state index in [0.29, 0.717) is 18.0 Å². The molecule has 3 rings (SSSR count). The Kier molecular flexibility index (Phi) is 11.6. The first kappa shape index (κ1) is 32.0. The van der Waals surface area contributed by atoms with Crippen molar-refractivity contribution < 1.29 is 27.5 Å². The highest BCUT2D eigenvalue weighted by Gasteiger charge is 2.33. The molecule has 220 valence electrons. The third-order valence-corrected chi connectivity index (χ3v) is 8.79. The summed E-state index contributed by atoms with van der Waals surface area (Å²) in [6, 6.07) is 19.1. The molecule has 0 bridgehead atoms. The lowest BCUT2D eigenvalue weighted by Crippen LogP contribution is -2.51. The number of rotatable bonds is 14. The molecule has 0 saturated carbocycles. The van der Waals surface area contributed by atoms with Crippen LogP contribution in [-0.4, -0.2) is 58.5 Å². The van der Waals surface area contributed by atoms with Crippen LogP contribution in [0.1, 0.15) is 32.3 Å². The topological polar surface area (TPSA) is 105 Å². The molecular formula is C30H36BrN3O6S. The second-order valence-electron chi connectivity index (χ2n) is 9.34. The van der Waals surface area contributed by atoms with E-state index in [-0.39, 0.29) is 23.0 Å². The normalized spacial score (nSPS) is 11.8. The van der Waals surface area contributed by atoms with Crippen LogP contribution in [0.3, 0.4) is 0 Å². The molecule has 2 amide bonds. The van der Waals surface area contributed by atoms with E-state index in [1.54, 1.807) is 37.3 Å². The maximum absolute atomic E-state index is 14.0. The molecule has 1 atom stereocenters. The first-order valence-electron chi connectivity index (χ1n) is 13.2. The van der Waals surface area contributed by atoms with Crippen LogP contribution in [0, 0.1) is 0 Å². The van der Waals surface area contributed by atoms with Gasteiger partial charge < -0.3 is 19.7 Å². The van der Waals surface area contributed by atoms with Crippen LogP contribution in [0.2, 0.25) is 0 Å². The fourth-order valence-electron chi connectivity index (χ4n) is 4.18. The Labute approximate surface area is 250 Å². The Morgan fingerprint density at radius 1 is 0.951 bits per heavy atom. The quantitative estimate of drug-likeness (QED) is 0.248. The third-order valence-electron chi connectivity index (χ3n) is 6.50. The number of methoxy groups -OCH3 is 2. The van der Waals surface area contributed by atoms with E-state index in [1.807, 2.05) is 31.2 Å². The SMILES string of the molecule is CCCCNC(=O)[C@@H](C)N(Cc1cccc(Br)c1)C(=O)CN(c1ccc(OC)c(OC)c1)S(=O)(=O)c1ccccc1. The number of hydrogen-bond acceptors (Lipinski definition) is 6. The molecule has 0 unspecified atom stereocenters. The number of nitrogens with one attached hydrogen (secondary N) is 1. The van der Waals surface area contributed by atoms with Gasteiger partial charge in [0.15, 0.2) is 11.5 Å². The van der Waals surface area contributed by atoms with Crippen molar-refractivity contribution in [2.75, 3.05) is 31.6 Å². The summed E-state index contributed by atoms with van der Waals surface area (Å²) < 4.78 is 40.4. The van der Waals surface area contributed by atoms with Gasteiger partial charge in [0.1, 0.15) is 12.6 Å². The molecular weight excluding hydrogens is 610 g/mol. The summed E-state index contributed by atoms with van der Waals surface area (Å²) >= 11 is 3.45. The highest BCUT2D eigenvalue weighted by atomic mass is 79.9. The Balaban J connectivity index is 2.05. The molecule has 11 heteroatoms.